The van der Waals surface area contributed by atoms with Gasteiger partial charge in [-0.2, -0.15) is 0 Å². The van der Waals surface area contributed by atoms with E-state index < -0.39 is 18.0 Å². The summed E-state index contributed by atoms with van der Waals surface area (Å²) in [6, 6.07) is 6.94. The molecule has 1 atom stereocenters. The molecule has 2 rings (SSSR count). The number of nitrogens with zero attached hydrogens (tertiary/aromatic N) is 1. The lowest BCUT2D eigenvalue weighted by Crippen LogP contribution is -2.25. The number of nitrogens with one attached hydrogen (secondary N) is 1. The second-order valence-corrected chi connectivity index (χ2v) is 4.69. The Kier molecular flexibility index (Phi) is 4.88. The number of hydrogen-bond acceptors (Lipinski definition) is 6. The number of methoxy groups -OCH3 is 1. The van der Waals surface area contributed by atoms with Crippen molar-refractivity contribution in [2.45, 2.75) is 25.9 Å². The summed E-state index contributed by atoms with van der Waals surface area (Å²) in [6.45, 7) is 1.43. The van der Waals surface area contributed by atoms with Crippen molar-refractivity contribution in [3.63, 3.8) is 0 Å². The number of H-pyrrole nitrogens is 1. The van der Waals surface area contributed by atoms with Crippen LogP contribution in [0.15, 0.2) is 29.1 Å². The molecule has 0 amide bonds. The predicted octanol–water partition coefficient (Wildman–Crippen LogP) is 0.960. The van der Waals surface area contributed by atoms with Gasteiger partial charge in [0.25, 0.3) is 5.56 Å². The first-order chi connectivity index (χ1) is 10.5. The number of para-hydroxylation sites is 1. The van der Waals surface area contributed by atoms with Crippen LogP contribution in [0.4, 0.5) is 0 Å². The Morgan fingerprint density at radius 1 is 1.32 bits per heavy atom. The zero-order chi connectivity index (χ0) is 16.1. The number of esters is 2. The highest BCUT2D eigenvalue weighted by Gasteiger charge is 2.18. The zero-order valence-corrected chi connectivity index (χ0v) is 12.3. The number of aryl methyl sites for hydroxylation is 1. The minimum Gasteiger partial charge on any atom is -0.466 e. The van der Waals surface area contributed by atoms with E-state index in [0.29, 0.717) is 16.7 Å². The molecule has 0 unspecified atom stereocenters. The average molecular weight is 304 g/mol. The number of fused-ring (bicyclic) bond motifs is 1. The Morgan fingerprint density at radius 3 is 2.77 bits per heavy atom. The molecular weight excluding hydrogens is 288 g/mol. The van der Waals surface area contributed by atoms with Crippen LogP contribution < -0.4 is 5.56 Å². The molecule has 2 aromatic rings. The first kappa shape index (κ1) is 15.7. The molecule has 0 saturated heterocycles. The molecule has 0 aliphatic carbocycles. The van der Waals surface area contributed by atoms with Crippen LogP contribution in [0.3, 0.4) is 0 Å². The van der Waals surface area contributed by atoms with Crippen LogP contribution in [-0.4, -0.2) is 35.1 Å². The van der Waals surface area contributed by atoms with E-state index in [9.17, 15) is 14.4 Å². The van der Waals surface area contributed by atoms with E-state index in [1.165, 1.54) is 14.0 Å². The number of hydrogen-bond donors (Lipinski definition) is 1. The average Bonchev–Trinajstić information content (AvgIpc) is 2.52. The molecule has 116 valence electrons. The van der Waals surface area contributed by atoms with Crippen LogP contribution in [0.2, 0.25) is 0 Å². The summed E-state index contributed by atoms with van der Waals surface area (Å²) in [4.78, 5) is 41.6. The van der Waals surface area contributed by atoms with Gasteiger partial charge in [-0.1, -0.05) is 12.1 Å². The zero-order valence-electron chi connectivity index (χ0n) is 12.3. The number of carbonyl (C=O) groups excluding carboxylic acids is 2. The molecule has 7 nitrogen and oxygen atoms in total. The van der Waals surface area contributed by atoms with Crippen molar-refractivity contribution in [2.24, 2.45) is 0 Å². The third kappa shape index (κ3) is 3.69. The summed E-state index contributed by atoms with van der Waals surface area (Å²) in [7, 11) is 1.22. The van der Waals surface area contributed by atoms with Crippen molar-refractivity contribution < 1.29 is 19.1 Å². The molecule has 0 fully saturated rings. The third-order valence-corrected chi connectivity index (χ3v) is 3.07. The molecule has 0 bridgehead atoms. The second-order valence-electron chi connectivity index (χ2n) is 4.69. The fraction of sp³-hybridized carbons (Fsp3) is 0.333. The molecule has 0 aliphatic heterocycles. The predicted molar refractivity (Wildman–Crippen MR) is 78.3 cm³/mol. The van der Waals surface area contributed by atoms with Crippen LogP contribution in [0, 0.1) is 0 Å². The summed E-state index contributed by atoms with van der Waals surface area (Å²) < 4.78 is 9.37. The lowest BCUT2D eigenvalue weighted by Gasteiger charge is -2.10. The van der Waals surface area contributed by atoms with Crippen molar-refractivity contribution >= 4 is 22.8 Å². The summed E-state index contributed by atoms with van der Waals surface area (Å²) >= 11 is 0. The maximum atomic E-state index is 11.9. The van der Waals surface area contributed by atoms with Gasteiger partial charge in [0.05, 0.1) is 24.4 Å². The van der Waals surface area contributed by atoms with Crippen molar-refractivity contribution in [3.8, 4) is 0 Å². The highest BCUT2D eigenvalue weighted by atomic mass is 16.6. The van der Waals surface area contributed by atoms with E-state index >= 15 is 0 Å². The van der Waals surface area contributed by atoms with Crippen molar-refractivity contribution in [1.82, 2.24) is 9.97 Å². The molecule has 22 heavy (non-hydrogen) atoms. The van der Waals surface area contributed by atoms with Gasteiger partial charge in [-0.15, -0.1) is 0 Å². The smallest absolute Gasteiger partial charge is 0.346 e. The van der Waals surface area contributed by atoms with Gasteiger partial charge in [0, 0.05) is 6.42 Å². The molecule has 0 saturated carbocycles. The topological polar surface area (TPSA) is 98.3 Å². The molecule has 0 spiro atoms. The third-order valence-electron chi connectivity index (χ3n) is 3.07. The van der Waals surface area contributed by atoms with Gasteiger partial charge in [0.2, 0.25) is 0 Å². The molecule has 0 aliphatic rings. The fourth-order valence-corrected chi connectivity index (χ4v) is 1.94. The van der Waals surface area contributed by atoms with E-state index in [2.05, 4.69) is 14.7 Å². The number of aromatic amines is 1. The molecule has 7 heteroatoms. The Labute approximate surface area is 126 Å². The Bertz CT molecular complexity index is 753. The maximum absolute atomic E-state index is 11.9. The number of aromatic nitrogens is 2. The lowest BCUT2D eigenvalue weighted by molar-refractivity contribution is -0.164. The van der Waals surface area contributed by atoms with E-state index in [1.807, 2.05) is 0 Å². The first-order valence-electron chi connectivity index (χ1n) is 6.76. The van der Waals surface area contributed by atoms with E-state index in [4.69, 9.17) is 4.74 Å². The van der Waals surface area contributed by atoms with Crippen molar-refractivity contribution in [3.05, 3.63) is 40.4 Å². The standard InChI is InChI=1S/C15H16N2O5/c1-9(15(20)21-2)22-13(18)8-7-12-16-11-6-4-3-5-10(11)14(19)17-12/h3-6,9H,7-8H2,1-2H3,(H,16,17,19)/t9-/m0/s1. The molecular formula is C15H16N2O5. The highest BCUT2D eigenvalue weighted by molar-refractivity contribution is 5.79. The van der Waals surface area contributed by atoms with Gasteiger partial charge in [0.1, 0.15) is 5.82 Å². The maximum Gasteiger partial charge on any atom is 0.346 e. The summed E-state index contributed by atoms with van der Waals surface area (Å²) in [6.07, 6.45) is -0.740. The van der Waals surface area contributed by atoms with Gasteiger partial charge in [-0.05, 0) is 19.1 Å². The Balaban J connectivity index is 2.01. The van der Waals surface area contributed by atoms with Gasteiger partial charge >= 0.3 is 11.9 Å². The number of rotatable bonds is 5. The highest BCUT2D eigenvalue weighted by Crippen LogP contribution is 2.07. The van der Waals surface area contributed by atoms with Gasteiger partial charge in [0.15, 0.2) is 6.10 Å². The second kappa shape index (κ2) is 6.84. The van der Waals surface area contributed by atoms with E-state index in [1.54, 1.807) is 24.3 Å². The Hall–Kier alpha value is -2.70. The van der Waals surface area contributed by atoms with Crippen LogP contribution in [0.25, 0.3) is 10.9 Å². The summed E-state index contributed by atoms with van der Waals surface area (Å²) in [5.41, 5.74) is 0.314. The van der Waals surface area contributed by atoms with Crippen LogP contribution in [-0.2, 0) is 25.5 Å². The largest absolute Gasteiger partial charge is 0.466 e. The van der Waals surface area contributed by atoms with Crippen LogP contribution in [0.1, 0.15) is 19.2 Å². The van der Waals surface area contributed by atoms with Crippen LogP contribution >= 0.6 is 0 Å². The summed E-state index contributed by atoms with van der Waals surface area (Å²) in [5, 5.41) is 0.494. The van der Waals surface area contributed by atoms with Gasteiger partial charge in [-0.3, -0.25) is 9.59 Å². The minimum atomic E-state index is -0.957. The van der Waals surface area contributed by atoms with E-state index in [-0.39, 0.29) is 18.4 Å². The first-order valence-corrected chi connectivity index (χ1v) is 6.76. The van der Waals surface area contributed by atoms with Gasteiger partial charge < -0.3 is 14.5 Å². The van der Waals surface area contributed by atoms with Crippen molar-refractivity contribution in [2.75, 3.05) is 7.11 Å². The number of carbonyl (C=O) groups is 2. The summed E-state index contributed by atoms with van der Waals surface area (Å²) in [5.74, 6) is -0.786. The number of ether oxygens (including phenoxy) is 2. The minimum absolute atomic E-state index is 0.00259. The SMILES string of the molecule is COC(=O)[C@H](C)OC(=O)CCc1nc2ccccc2c(=O)[nH]1. The molecule has 0 radical (unpaired) electrons. The Morgan fingerprint density at radius 2 is 2.05 bits per heavy atom. The molecule has 1 aromatic heterocycles. The van der Waals surface area contributed by atoms with E-state index in [0.717, 1.165) is 0 Å². The van der Waals surface area contributed by atoms with Gasteiger partial charge in [-0.25, -0.2) is 9.78 Å². The van der Waals surface area contributed by atoms with Crippen LogP contribution in [0.5, 0.6) is 0 Å². The van der Waals surface area contributed by atoms with Crippen molar-refractivity contribution in [1.29, 1.82) is 0 Å². The number of benzene rings is 1. The molecule has 1 heterocycles. The normalized spacial score (nSPS) is 11.9. The molecule has 1 aromatic carbocycles. The lowest BCUT2D eigenvalue weighted by atomic mass is 10.2. The fourth-order valence-electron chi connectivity index (χ4n) is 1.94. The monoisotopic (exact) mass is 304 g/mol. The molecule has 1 N–H and O–H groups in total. The quantitative estimate of drug-likeness (QED) is 0.826.